The largest absolute Gasteiger partial charge is 0.479 e. The zero-order valence-electron chi connectivity index (χ0n) is 12.5. The lowest BCUT2D eigenvalue weighted by Gasteiger charge is -2.39. The molecule has 142 valence electrons. The summed E-state index contributed by atoms with van der Waals surface area (Å²) in [6, 6.07) is -1.22. The number of aliphatic hydroxyl groups excluding tert-OH is 7. The molecule has 9 atom stereocenters. The van der Waals surface area contributed by atoms with Gasteiger partial charge in [-0.15, -0.1) is 0 Å². The zero-order valence-corrected chi connectivity index (χ0v) is 12.5. The molecule has 12 heteroatoms. The van der Waals surface area contributed by atoms with Crippen LogP contribution in [0.15, 0.2) is 0 Å². The Kier molecular flexibility index (Phi) is 7.88. The molecule has 24 heavy (non-hydrogen) atoms. The van der Waals surface area contributed by atoms with Crippen LogP contribution in [0, 0.1) is 0 Å². The van der Waals surface area contributed by atoms with E-state index >= 15 is 0 Å². The Morgan fingerprint density at radius 1 is 1.08 bits per heavy atom. The smallest absolute Gasteiger partial charge is 0.335 e. The topological polar surface area (TPSA) is 223 Å². The van der Waals surface area contributed by atoms with Crippen molar-refractivity contribution in [2.75, 3.05) is 13.2 Å². The third kappa shape index (κ3) is 4.80. The minimum Gasteiger partial charge on any atom is -0.479 e. The number of ether oxygens (including phenoxy) is 2. The molecular formula is C12H23NO11. The van der Waals surface area contributed by atoms with Gasteiger partial charge in [0.1, 0.15) is 30.5 Å². The fourth-order valence-electron chi connectivity index (χ4n) is 2.07. The van der Waals surface area contributed by atoms with Crippen molar-refractivity contribution in [1.29, 1.82) is 0 Å². The van der Waals surface area contributed by atoms with Gasteiger partial charge in [0, 0.05) is 0 Å². The van der Waals surface area contributed by atoms with Gasteiger partial charge in [0.05, 0.1) is 25.4 Å². The van der Waals surface area contributed by atoms with Crippen molar-refractivity contribution in [3.63, 3.8) is 0 Å². The Hall–Kier alpha value is -0.930. The number of hydrogen-bond acceptors (Lipinski definition) is 11. The highest BCUT2D eigenvalue weighted by Crippen LogP contribution is 2.22. The molecule has 0 spiro atoms. The summed E-state index contributed by atoms with van der Waals surface area (Å²) in [7, 11) is 0. The number of carboxylic acid groups (broad SMARTS) is 1. The van der Waals surface area contributed by atoms with Gasteiger partial charge in [-0.25, -0.2) is 4.79 Å². The van der Waals surface area contributed by atoms with Crippen LogP contribution in [0.3, 0.4) is 0 Å². The molecular weight excluding hydrogens is 334 g/mol. The standard InChI is InChI=1S/C12H23NO11/c13-3(1-14)5(16)6(17)4(15)2-23-12-9(20)7(18)8(19)10(24-12)11(21)22/h3-10,12,14-20H,1-2,13H2,(H,21,22)/t3-,4-,5-,6-,7+,8+,9-,10+,12+/m1/s1. The van der Waals surface area contributed by atoms with Gasteiger partial charge in [-0.3, -0.25) is 0 Å². The second-order valence-electron chi connectivity index (χ2n) is 5.46. The predicted molar refractivity (Wildman–Crippen MR) is 73.4 cm³/mol. The average molecular weight is 357 g/mol. The van der Waals surface area contributed by atoms with Gasteiger partial charge >= 0.3 is 5.97 Å². The Morgan fingerprint density at radius 3 is 2.17 bits per heavy atom. The summed E-state index contributed by atoms with van der Waals surface area (Å²) in [4.78, 5) is 10.9. The maximum atomic E-state index is 10.9. The summed E-state index contributed by atoms with van der Waals surface area (Å²) in [5.41, 5.74) is 5.30. The van der Waals surface area contributed by atoms with Crippen molar-refractivity contribution in [2.24, 2.45) is 5.73 Å². The van der Waals surface area contributed by atoms with Gasteiger partial charge in [0.2, 0.25) is 0 Å². The molecule has 0 aliphatic carbocycles. The van der Waals surface area contributed by atoms with Crippen LogP contribution in [0.5, 0.6) is 0 Å². The van der Waals surface area contributed by atoms with E-state index in [4.69, 9.17) is 25.4 Å². The number of carboxylic acids is 1. The molecule has 1 aliphatic heterocycles. The molecule has 0 bridgehead atoms. The Bertz CT molecular complexity index is 410. The second-order valence-corrected chi connectivity index (χ2v) is 5.46. The van der Waals surface area contributed by atoms with Crippen molar-refractivity contribution in [1.82, 2.24) is 0 Å². The minimum absolute atomic E-state index is 0.652. The summed E-state index contributed by atoms with van der Waals surface area (Å²) in [6.45, 7) is -1.38. The highest BCUT2D eigenvalue weighted by molar-refractivity contribution is 5.73. The van der Waals surface area contributed by atoms with Crippen molar-refractivity contribution in [2.45, 2.75) is 55.1 Å². The average Bonchev–Trinajstić information content (AvgIpc) is 2.56. The first kappa shape index (κ1) is 21.1. The summed E-state index contributed by atoms with van der Waals surface area (Å²) in [5, 5.41) is 75.3. The quantitative estimate of drug-likeness (QED) is 0.198. The van der Waals surface area contributed by atoms with E-state index in [-0.39, 0.29) is 0 Å². The van der Waals surface area contributed by atoms with E-state index < -0.39 is 74.2 Å². The van der Waals surface area contributed by atoms with E-state index in [0.717, 1.165) is 0 Å². The molecule has 1 fully saturated rings. The second kappa shape index (κ2) is 8.96. The molecule has 0 radical (unpaired) electrons. The summed E-state index contributed by atoms with van der Waals surface area (Å²) in [5.74, 6) is -1.60. The lowest BCUT2D eigenvalue weighted by molar-refractivity contribution is -0.299. The monoisotopic (exact) mass is 357 g/mol. The van der Waals surface area contributed by atoms with E-state index in [1.165, 1.54) is 0 Å². The van der Waals surface area contributed by atoms with Crippen molar-refractivity contribution >= 4 is 5.97 Å². The van der Waals surface area contributed by atoms with Crippen molar-refractivity contribution in [3.05, 3.63) is 0 Å². The Labute approximate surface area is 136 Å². The molecule has 12 nitrogen and oxygen atoms in total. The van der Waals surface area contributed by atoms with Crippen LogP contribution >= 0.6 is 0 Å². The molecule has 0 unspecified atom stereocenters. The lowest BCUT2D eigenvalue weighted by atomic mass is 9.99. The molecule has 1 aliphatic rings. The maximum Gasteiger partial charge on any atom is 0.335 e. The van der Waals surface area contributed by atoms with E-state index in [9.17, 15) is 35.4 Å². The third-order valence-corrected chi connectivity index (χ3v) is 3.64. The first-order chi connectivity index (χ1) is 11.1. The van der Waals surface area contributed by atoms with Crippen LogP contribution < -0.4 is 5.73 Å². The number of rotatable bonds is 8. The predicted octanol–water partition coefficient (Wildman–Crippen LogP) is -5.70. The number of aliphatic hydroxyl groups is 7. The molecule has 0 amide bonds. The number of carbonyl (C=O) groups is 1. The third-order valence-electron chi connectivity index (χ3n) is 3.64. The first-order valence-corrected chi connectivity index (χ1v) is 7.06. The number of hydrogen-bond donors (Lipinski definition) is 9. The molecule has 1 heterocycles. The number of aliphatic carboxylic acids is 1. The Morgan fingerprint density at radius 2 is 1.67 bits per heavy atom. The fraction of sp³-hybridized carbons (Fsp3) is 0.917. The van der Waals surface area contributed by atoms with Crippen LogP contribution in [0.1, 0.15) is 0 Å². The van der Waals surface area contributed by atoms with Gasteiger partial charge < -0.3 is 56.1 Å². The molecule has 0 aromatic rings. The van der Waals surface area contributed by atoms with Gasteiger partial charge in [-0.2, -0.15) is 0 Å². The SMILES string of the molecule is N[C@H](CO)[C@@H](O)[C@H](O)[C@H](O)CO[C@H]1O[C@H](C(=O)O)[C@@H](O)[C@H](O)[C@H]1O. The first-order valence-electron chi connectivity index (χ1n) is 7.06. The molecule has 1 saturated heterocycles. The van der Waals surface area contributed by atoms with Crippen molar-refractivity contribution < 1.29 is 55.1 Å². The molecule has 0 aromatic carbocycles. The van der Waals surface area contributed by atoms with Gasteiger partial charge in [0.25, 0.3) is 0 Å². The molecule has 0 aromatic heterocycles. The fourth-order valence-corrected chi connectivity index (χ4v) is 2.07. The highest BCUT2D eigenvalue weighted by atomic mass is 16.7. The summed E-state index contributed by atoms with van der Waals surface area (Å²) >= 11 is 0. The van der Waals surface area contributed by atoms with Crippen LogP contribution in [0.2, 0.25) is 0 Å². The molecule has 1 rings (SSSR count). The van der Waals surface area contributed by atoms with Crippen LogP contribution in [-0.4, -0.2) is 115 Å². The van der Waals surface area contributed by atoms with Crippen LogP contribution in [0.4, 0.5) is 0 Å². The van der Waals surface area contributed by atoms with E-state index in [0.29, 0.717) is 0 Å². The van der Waals surface area contributed by atoms with Gasteiger partial charge in [0.15, 0.2) is 12.4 Å². The van der Waals surface area contributed by atoms with Crippen LogP contribution in [0.25, 0.3) is 0 Å². The Balaban J connectivity index is 2.63. The minimum atomic E-state index is -1.89. The number of nitrogens with two attached hydrogens (primary N) is 1. The van der Waals surface area contributed by atoms with Gasteiger partial charge in [-0.05, 0) is 0 Å². The summed E-state index contributed by atoms with van der Waals surface area (Å²) < 4.78 is 9.71. The molecule has 0 saturated carbocycles. The van der Waals surface area contributed by atoms with E-state index in [2.05, 4.69) is 0 Å². The zero-order chi connectivity index (χ0) is 18.6. The lowest BCUT2D eigenvalue weighted by Crippen LogP contribution is -2.60. The van der Waals surface area contributed by atoms with Gasteiger partial charge in [-0.1, -0.05) is 0 Å². The van der Waals surface area contributed by atoms with Crippen LogP contribution in [-0.2, 0) is 14.3 Å². The van der Waals surface area contributed by atoms with E-state index in [1.807, 2.05) is 0 Å². The molecule has 10 N–H and O–H groups in total. The van der Waals surface area contributed by atoms with Crippen molar-refractivity contribution in [3.8, 4) is 0 Å². The van der Waals surface area contributed by atoms with E-state index in [1.54, 1.807) is 0 Å². The highest BCUT2D eigenvalue weighted by Gasteiger charge is 2.47. The normalized spacial score (nSPS) is 35.9. The maximum absolute atomic E-state index is 10.9. The summed E-state index contributed by atoms with van der Waals surface area (Å²) in [6.07, 6.45) is -14.4.